The summed E-state index contributed by atoms with van der Waals surface area (Å²) in [5, 5.41) is 19.4. The van der Waals surface area contributed by atoms with Crippen LogP contribution in [0.1, 0.15) is 42.8 Å². The molecule has 1 atom stereocenters. The zero-order valence-corrected chi connectivity index (χ0v) is 20.9. The van der Waals surface area contributed by atoms with Crippen molar-refractivity contribution in [2.45, 2.75) is 38.2 Å². The first kappa shape index (κ1) is 23.7. The number of carbonyl (C=O) groups is 2. The first-order valence-electron chi connectivity index (χ1n) is 12.4. The number of pyridine rings is 1. The maximum absolute atomic E-state index is 12.7. The van der Waals surface area contributed by atoms with Gasteiger partial charge in [-0.25, -0.2) is 4.79 Å². The van der Waals surface area contributed by atoms with E-state index < -0.39 is 23.6 Å². The number of aromatic nitrogens is 2. The minimum absolute atomic E-state index is 0.427. The van der Waals surface area contributed by atoms with E-state index in [1.807, 2.05) is 73.7 Å². The van der Waals surface area contributed by atoms with E-state index in [0.29, 0.717) is 30.0 Å². The van der Waals surface area contributed by atoms with E-state index in [0.717, 1.165) is 38.4 Å². The van der Waals surface area contributed by atoms with E-state index in [9.17, 15) is 14.7 Å². The van der Waals surface area contributed by atoms with E-state index in [4.69, 9.17) is 9.26 Å². The zero-order chi connectivity index (χ0) is 26.4. The number of aryl methyl sites for hydroxylation is 1. The lowest BCUT2D eigenvalue weighted by atomic mass is 9.93. The van der Waals surface area contributed by atoms with E-state index in [-0.39, 0.29) is 0 Å². The Kier molecular flexibility index (Phi) is 5.60. The molecule has 8 heteroatoms. The number of amides is 1. The maximum atomic E-state index is 12.7. The number of nitrogens with zero attached hydrogens (tertiary/aromatic N) is 2. The highest BCUT2D eigenvalue weighted by Gasteiger charge is 2.51. The van der Waals surface area contributed by atoms with Crippen LogP contribution in [0.4, 0.5) is 10.5 Å². The SMILES string of the molecule is Cc1onc(-c2ccc3c(c2)ncc2cc(C4(C(=O)O)CC4)ccc23)c1NC(=O)OC(C)c1ccccc1. The van der Waals surface area contributed by atoms with Crippen molar-refractivity contribution in [3.8, 4) is 11.3 Å². The quantitative estimate of drug-likeness (QED) is 0.244. The van der Waals surface area contributed by atoms with Gasteiger partial charge in [-0.05, 0) is 55.3 Å². The summed E-state index contributed by atoms with van der Waals surface area (Å²) in [4.78, 5) is 29.1. The number of hydrogen-bond donors (Lipinski definition) is 2. The minimum Gasteiger partial charge on any atom is -0.481 e. The molecule has 38 heavy (non-hydrogen) atoms. The monoisotopic (exact) mass is 507 g/mol. The Bertz CT molecular complexity index is 1710. The molecule has 1 aliphatic carbocycles. The van der Waals surface area contributed by atoms with Crippen LogP contribution in [0.5, 0.6) is 0 Å². The molecule has 1 unspecified atom stereocenters. The van der Waals surface area contributed by atoms with E-state index >= 15 is 0 Å². The summed E-state index contributed by atoms with van der Waals surface area (Å²) in [7, 11) is 0. The largest absolute Gasteiger partial charge is 0.481 e. The summed E-state index contributed by atoms with van der Waals surface area (Å²) < 4.78 is 11.0. The van der Waals surface area contributed by atoms with Crippen LogP contribution in [0.2, 0.25) is 0 Å². The molecule has 0 saturated heterocycles. The molecule has 2 N–H and O–H groups in total. The molecule has 0 radical (unpaired) electrons. The number of rotatable bonds is 6. The summed E-state index contributed by atoms with van der Waals surface area (Å²) in [5.74, 6) is -0.322. The van der Waals surface area contributed by atoms with Gasteiger partial charge in [0.2, 0.25) is 0 Å². The number of carboxylic acids is 1. The smallest absolute Gasteiger partial charge is 0.412 e. The van der Waals surface area contributed by atoms with E-state index in [1.165, 1.54) is 0 Å². The van der Waals surface area contributed by atoms with Gasteiger partial charge in [0.1, 0.15) is 17.5 Å². The topological polar surface area (TPSA) is 115 Å². The summed E-state index contributed by atoms with van der Waals surface area (Å²) in [6.07, 6.45) is 2.04. The number of fused-ring (bicyclic) bond motifs is 3. The molecular formula is C30H25N3O5. The molecule has 0 aliphatic heterocycles. The molecule has 190 valence electrons. The first-order chi connectivity index (χ1) is 18.4. The Labute approximate surface area is 218 Å². The van der Waals surface area contributed by atoms with Crippen LogP contribution in [0, 0.1) is 6.92 Å². The van der Waals surface area contributed by atoms with Crippen molar-refractivity contribution in [3.05, 3.63) is 89.8 Å². The first-order valence-corrected chi connectivity index (χ1v) is 12.4. The van der Waals surface area contributed by atoms with Crippen LogP contribution in [-0.2, 0) is 14.9 Å². The average Bonchev–Trinajstić information content (AvgIpc) is 3.67. The summed E-state index contributed by atoms with van der Waals surface area (Å²) in [5.41, 5.74) is 3.33. The molecule has 2 heterocycles. The van der Waals surface area contributed by atoms with Crippen LogP contribution in [0.3, 0.4) is 0 Å². The number of hydrogen-bond acceptors (Lipinski definition) is 6. The number of benzene rings is 3. The van der Waals surface area contributed by atoms with Crippen molar-refractivity contribution in [2.24, 2.45) is 0 Å². The van der Waals surface area contributed by atoms with Gasteiger partial charge in [-0.2, -0.15) is 0 Å². The third-order valence-corrected chi connectivity index (χ3v) is 7.31. The molecule has 1 fully saturated rings. The Morgan fingerprint density at radius 3 is 2.55 bits per heavy atom. The van der Waals surface area contributed by atoms with Crippen molar-refractivity contribution >= 4 is 39.4 Å². The van der Waals surface area contributed by atoms with Crippen LogP contribution < -0.4 is 5.32 Å². The lowest BCUT2D eigenvalue weighted by Crippen LogP contribution is -2.19. The van der Waals surface area contributed by atoms with Gasteiger partial charge in [0.25, 0.3) is 0 Å². The fourth-order valence-corrected chi connectivity index (χ4v) is 4.92. The molecule has 1 aliphatic rings. The van der Waals surface area contributed by atoms with Crippen LogP contribution in [-0.4, -0.2) is 27.3 Å². The van der Waals surface area contributed by atoms with Crippen LogP contribution in [0.25, 0.3) is 32.9 Å². The van der Waals surface area contributed by atoms with Gasteiger partial charge in [0, 0.05) is 22.5 Å². The highest BCUT2D eigenvalue weighted by molar-refractivity contribution is 6.07. The summed E-state index contributed by atoms with van der Waals surface area (Å²) >= 11 is 0. The molecule has 0 spiro atoms. The molecule has 5 aromatic rings. The number of nitrogens with one attached hydrogen (secondary N) is 1. The zero-order valence-electron chi connectivity index (χ0n) is 20.9. The summed E-state index contributed by atoms with van der Waals surface area (Å²) in [6.45, 7) is 3.53. The highest BCUT2D eigenvalue weighted by atomic mass is 16.6. The van der Waals surface area contributed by atoms with Crippen molar-refractivity contribution in [1.82, 2.24) is 10.1 Å². The predicted octanol–water partition coefficient (Wildman–Crippen LogP) is 6.78. The van der Waals surface area contributed by atoms with E-state index in [1.54, 1.807) is 13.1 Å². The molecule has 6 rings (SSSR count). The van der Waals surface area contributed by atoms with Gasteiger partial charge < -0.3 is 14.4 Å². The van der Waals surface area contributed by atoms with Crippen molar-refractivity contribution in [1.29, 1.82) is 0 Å². The third kappa shape index (κ3) is 4.04. The standard InChI is InChI=1S/C30H25N3O5/c1-17(19-6-4-3-5-7-19)37-29(36)32-26-18(2)38-33-27(26)20-8-10-24-23-11-9-22(30(12-13-30)28(34)35)14-21(23)16-31-25(24)15-20/h3-11,14-17H,12-13H2,1-2H3,(H,32,36)(H,34,35). The fourth-order valence-electron chi connectivity index (χ4n) is 4.92. The van der Waals surface area contributed by atoms with Gasteiger partial charge in [0.15, 0.2) is 5.76 Å². The van der Waals surface area contributed by atoms with Crippen molar-refractivity contribution in [3.63, 3.8) is 0 Å². The second kappa shape index (κ2) is 8.99. The Morgan fingerprint density at radius 2 is 1.82 bits per heavy atom. The number of carbonyl (C=O) groups excluding carboxylic acids is 1. The maximum Gasteiger partial charge on any atom is 0.412 e. The second-order valence-electron chi connectivity index (χ2n) is 9.73. The molecule has 3 aromatic carbocycles. The molecule has 0 bridgehead atoms. The van der Waals surface area contributed by atoms with Gasteiger partial charge in [-0.1, -0.05) is 59.8 Å². The number of anilines is 1. The predicted molar refractivity (Wildman–Crippen MR) is 143 cm³/mol. The van der Waals surface area contributed by atoms with Crippen molar-refractivity contribution < 1.29 is 24.0 Å². The average molecular weight is 508 g/mol. The molecular weight excluding hydrogens is 482 g/mol. The second-order valence-corrected chi connectivity index (χ2v) is 9.73. The number of aliphatic carboxylic acids is 1. The fraction of sp³-hybridized carbons (Fsp3) is 0.200. The Morgan fingerprint density at radius 1 is 1.05 bits per heavy atom. The molecule has 2 aromatic heterocycles. The third-order valence-electron chi connectivity index (χ3n) is 7.31. The Balaban J connectivity index is 1.29. The molecule has 1 amide bonds. The minimum atomic E-state index is -0.777. The normalized spacial score (nSPS) is 14.8. The van der Waals surface area contributed by atoms with Crippen LogP contribution >= 0.6 is 0 Å². The van der Waals surface area contributed by atoms with Gasteiger partial charge >= 0.3 is 12.1 Å². The van der Waals surface area contributed by atoms with Gasteiger partial charge in [-0.15, -0.1) is 0 Å². The Hall–Kier alpha value is -4.72. The molecule has 1 saturated carbocycles. The van der Waals surface area contributed by atoms with Gasteiger partial charge in [-0.3, -0.25) is 15.1 Å². The number of ether oxygens (including phenoxy) is 1. The van der Waals surface area contributed by atoms with Crippen LogP contribution in [0.15, 0.2) is 77.4 Å². The van der Waals surface area contributed by atoms with Gasteiger partial charge in [0.05, 0.1) is 10.9 Å². The highest BCUT2D eigenvalue weighted by Crippen LogP contribution is 2.49. The lowest BCUT2D eigenvalue weighted by molar-refractivity contribution is -0.140. The van der Waals surface area contributed by atoms with E-state index in [2.05, 4.69) is 15.5 Å². The number of carboxylic acid groups (broad SMARTS) is 1. The summed E-state index contributed by atoms with van der Waals surface area (Å²) in [6, 6.07) is 21.0. The lowest BCUT2D eigenvalue weighted by Gasteiger charge is -2.14. The molecule has 8 nitrogen and oxygen atoms in total. The van der Waals surface area contributed by atoms with Crippen molar-refractivity contribution in [2.75, 3.05) is 5.32 Å².